The van der Waals surface area contributed by atoms with Crippen molar-refractivity contribution >= 4 is 11.6 Å². The summed E-state index contributed by atoms with van der Waals surface area (Å²) in [7, 11) is 0. The van der Waals surface area contributed by atoms with Gasteiger partial charge in [-0.05, 0) is 32.1 Å². The summed E-state index contributed by atoms with van der Waals surface area (Å²) in [4.78, 5) is 8.49. The molecule has 0 radical (unpaired) electrons. The molecule has 0 aliphatic rings. The molecule has 1 aromatic heterocycles. The largest absolute Gasteiger partial charge is 0.396 e. The maximum absolute atomic E-state index is 8.87. The summed E-state index contributed by atoms with van der Waals surface area (Å²) in [6.45, 7) is 9.12. The molecule has 102 valence electrons. The van der Waals surface area contributed by atoms with Crippen LogP contribution in [0.3, 0.4) is 0 Å². The third-order valence-electron chi connectivity index (χ3n) is 3.04. The van der Waals surface area contributed by atoms with Crippen LogP contribution in [0.15, 0.2) is 0 Å². The van der Waals surface area contributed by atoms with Gasteiger partial charge in [-0.25, -0.2) is 9.97 Å². The second kappa shape index (κ2) is 6.00. The predicted molar refractivity (Wildman–Crippen MR) is 74.5 cm³/mol. The number of nitrogens with one attached hydrogen (secondary N) is 1. The number of hydrogen-bond donors (Lipinski definition) is 3. The fourth-order valence-electron chi connectivity index (χ4n) is 1.79. The van der Waals surface area contributed by atoms with E-state index in [-0.39, 0.29) is 12.0 Å². The van der Waals surface area contributed by atoms with Crippen molar-refractivity contribution in [1.82, 2.24) is 9.97 Å². The molecule has 1 aromatic rings. The van der Waals surface area contributed by atoms with Crippen molar-refractivity contribution in [1.29, 1.82) is 0 Å². The van der Waals surface area contributed by atoms with Crippen LogP contribution >= 0.6 is 0 Å². The molecule has 1 heterocycles. The van der Waals surface area contributed by atoms with Crippen LogP contribution in [0.4, 0.5) is 11.6 Å². The highest BCUT2D eigenvalue weighted by molar-refractivity contribution is 5.54. The van der Waals surface area contributed by atoms with E-state index in [4.69, 9.17) is 10.8 Å². The first kappa shape index (κ1) is 14.7. The number of aliphatic hydroxyl groups is 1. The Bertz CT molecular complexity index is 404. The zero-order chi connectivity index (χ0) is 13.8. The van der Waals surface area contributed by atoms with Crippen molar-refractivity contribution < 1.29 is 5.11 Å². The molecular weight excluding hydrogens is 228 g/mol. The lowest BCUT2D eigenvalue weighted by atomic mass is 9.88. The third kappa shape index (κ3) is 4.14. The quantitative estimate of drug-likeness (QED) is 0.720. The topological polar surface area (TPSA) is 84.1 Å². The van der Waals surface area contributed by atoms with E-state index in [1.807, 2.05) is 13.8 Å². The number of aryl methyl sites for hydroxylation is 1. The number of anilines is 2. The van der Waals surface area contributed by atoms with E-state index in [1.165, 1.54) is 0 Å². The highest BCUT2D eigenvalue weighted by atomic mass is 16.2. The summed E-state index contributed by atoms with van der Waals surface area (Å²) in [5.74, 6) is 2.00. The van der Waals surface area contributed by atoms with Gasteiger partial charge in [0.05, 0.1) is 0 Å². The van der Waals surface area contributed by atoms with Crippen LogP contribution in [0, 0.1) is 19.3 Å². The molecular formula is C13H24N4O. The Hall–Kier alpha value is -1.36. The molecule has 0 bridgehead atoms. The molecule has 5 heteroatoms. The summed E-state index contributed by atoms with van der Waals surface area (Å²) in [6.07, 6.45) is 1.79. The first-order valence-electron chi connectivity index (χ1n) is 6.31. The van der Waals surface area contributed by atoms with Crippen molar-refractivity contribution in [3.8, 4) is 0 Å². The lowest BCUT2D eigenvalue weighted by Crippen LogP contribution is -2.24. The number of hydrogen-bond acceptors (Lipinski definition) is 5. The maximum atomic E-state index is 8.87. The van der Waals surface area contributed by atoms with E-state index in [0.717, 1.165) is 30.8 Å². The minimum atomic E-state index is 0.114. The molecule has 0 aromatic carbocycles. The van der Waals surface area contributed by atoms with Crippen molar-refractivity contribution in [3.05, 3.63) is 11.4 Å². The molecule has 0 saturated carbocycles. The lowest BCUT2D eigenvalue weighted by molar-refractivity contribution is 0.248. The molecule has 0 atom stereocenters. The fourth-order valence-corrected chi connectivity index (χ4v) is 1.79. The summed E-state index contributed by atoms with van der Waals surface area (Å²) in [6, 6.07) is 0. The van der Waals surface area contributed by atoms with Gasteiger partial charge < -0.3 is 16.2 Å². The molecule has 0 aliphatic carbocycles. The Labute approximate surface area is 109 Å². The average Bonchev–Trinajstić information content (AvgIpc) is 2.29. The maximum Gasteiger partial charge on any atom is 0.134 e. The SMILES string of the molecule is Cc1nc(N)c(C)c(NCC(C)(C)CCCO)n1. The van der Waals surface area contributed by atoms with Gasteiger partial charge in [-0.15, -0.1) is 0 Å². The molecule has 18 heavy (non-hydrogen) atoms. The van der Waals surface area contributed by atoms with E-state index >= 15 is 0 Å². The molecule has 0 saturated heterocycles. The van der Waals surface area contributed by atoms with Gasteiger partial charge in [0.1, 0.15) is 17.5 Å². The first-order chi connectivity index (χ1) is 8.35. The second-order valence-electron chi connectivity index (χ2n) is 5.47. The highest BCUT2D eigenvalue weighted by Crippen LogP contribution is 2.24. The van der Waals surface area contributed by atoms with Gasteiger partial charge in [-0.2, -0.15) is 0 Å². The number of rotatable bonds is 6. The molecule has 0 fully saturated rings. The van der Waals surface area contributed by atoms with Crippen molar-refractivity contribution in [2.75, 3.05) is 24.2 Å². The average molecular weight is 252 g/mol. The van der Waals surface area contributed by atoms with Crippen LogP contribution in [0.25, 0.3) is 0 Å². The summed E-state index contributed by atoms with van der Waals surface area (Å²) >= 11 is 0. The Morgan fingerprint density at radius 2 is 1.94 bits per heavy atom. The van der Waals surface area contributed by atoms with E-state index in [1.54, 1.807) is 0 Å². The predicted octanol–water partition coefficient (Wildman–Crippen LogP) is 1.89. The van der Waals surface area contributed by atoms with E-state index in [0.29, 0.717) is 11.6 Å². The summed E-state index contributed by atoms with van der Waals surface area (Å²) < 4.78 is 0. The normalized spacial score (nSPS) is 11.6. The highest BCUT2D eigenvalue weighted by Gasteiger charge is 2.18. The van der Waals surface area contributed by atoms with Crippen LogP contribution < -0.4 is 11.1 Å². The van der Waals surface area contributed by atoms with Crippen LogP contribution in [-0.4, -0.2) is 28.2 Å². The van der Waals surface area contributed by atoms with Gasteiger partial charge >= 0.3 is 0 Å². The van der Waals surface area contributed by atoms with Gasteiger partial charge in [-0.3, -0.25) is 0 Å². The van der Waals surface area contributed by atoms with E-state index < -0.39 is 0 Å². The number of nitrogens with two attached hydrogens (primary N) is 1. The van der Waals surface area contributed by atoms with Crippen LogP contribution in [0.5, 0.6) is 0 Å². The standard InChI is InChI=1S/C13H24N4O/c1-9-11(14)16-10(2)17-12(9)15-8-13(3,4)6-5-7-18/h18H,5-8H2,1-4H3,(H3,14,15,16,17). The smallest absolute Gasteiger partial charge is 0.134 e. The van der Waals surface area contributed by atoms with Gasteiger partial charge in [0.2, 0.25) is 0 Å². The molecule has 0 unspecified atom stereocenters. The van der Waals surface area contributed by atoms with Crippen LogP contribution in [0.2, 0.25) is 0 Å². The first-order valence-corrected chi connectivity index (χ1v) is 6.31. The molecule has 1 rings (SSSR count). The zero-order valence-electron chi connectivity index (χ0n) is 11.7. The van der Waals surface area contributed by atoms with E-state index in [2.05, 4.69) is 29.1 Å². The lowest BCUT2D eigenvalue weighted by Gasteiger charge is -2.25. The number of aliphatic hydroxyl groups excluding tert-OH is 1. The van der Waals surface area contributed by atoms with Gasteiger partial charge in [0.25, 0.3) is 0 Å². The Kier molecular flexibility index (Phi) is 4.90. The minimum Gasteiger partial charge on any atom is -0.396 e. The zero-order valence-corrected chi connectivity index (χ0v) is 11.7. The second-order valence-corrected chi connectivity index (χ2v) is 5.47. The molecule has 0 amide bonds. The molecule has 4 N–H and O–H groups in total. The molecule has 0 aliphatic heterocycles. The van der Waals surface area contributed by atoms with E-state index in [9.17, 15) is 0 Å². The minimum absolute atomic E-state index is 0.114. The molecule has 5 nitrogen and oxygen atoms in total. The summed E-state index contributed by atoms with van der Waals surface area (Å²) in [5, 5.41) is 12.2. The number of nitrogens with zero attached hydrogens (tertiary/aromatic N) is 2. The Morgan fingerprint density at radius 3 is 2.56 bits per heavy atom. The Balaban J connectivity index is 2.68. The van der Waals surface area contributed by atoms with Crippen molar-refractivity contribution in [2.24, 2.45) is 5.41 Å². The third-order valence-corrected chi connectivity index (χ3v) is 3.04. The van der Waals surface area contributed by atoms with Crippen molar-refractivity contribution in [2.45, 2.75) is 40.5 Å². The van der Waals surface area contributed by atoms with Gasteiger partial charge in [0.15, 0.2) is 0 Å². The van der Waals surface area contributed by atoms with Crippen molar-refractivity contribution in [3.63, 3.8) is 0 Å². The fraction of sp³-hybridized carbons (Fsp3) is 0.692. The van der Waals surface area contributed by atoms with Gasteiger partial charge in [0, 0.05) is 18.7 Å². The van der Waals surface area contributed by atoms with Gasteiger partial charge in [-0.1, -0.05) is 13.8 Å². The van der Waals surface area contributed by atoms with Crippen LogP contribution in [-0.2, 0) is 0 Å². The Morgan fingerprint density at radius 1 is 1.28 bits per heavy atom. The monoisotopic (exact) mass is 252 g/mol. The number of nitrogen functional groups attached to an aromatic ring is 1. The van der Waals surface area contributed by atoms with Crippen LogP contribution in [0.1, 0.15) is 38.1 Å². The molecule has 0 spiro atoms. The number of aromatic nitrogens is 2. The summed E-state index contributed by atoms with van der Waals surface area (Å²) in [5.41, 5.74) is 6.82.